The lowest BCUT2D eigenvalue weighted by Crippen LogP contribution is -2.47. The molecule has 1 aromatic rings. The zero-order valence-corrected chi connectivity index (χ0v) is 12.8. The lowest BCUT2D eigenvalue weighted by atomic mass is 9.93. The summed E-state index contributed by atoms with van der Waals surface area (Å²) in [4.78, 5) is 23.0. The molecule has 0 spiro atoms. The second kappa shape index (κ2) is 5.97. The largest absolute Gasteiger partial charge is 0.444 e. The molecule has 4 nitrogen and oxygen atoms in total. The Balaban J connectivity index is 3.13. The van der Waals surface area contributed by atoms with E-state index < -0.39 is 33.9 Å². The Morgan fingerprint density at radius 2 is 1.81 bits per heavy atom. The van der Waals surface area contributed by atoms with Gasteiger partial charge in [0.15, 0.2) is 0 Å². The van der Waals surface area contributed by atoms with E-state index in [0.29, 0.717) is 6.29 Å². The van der Waals surface area contributed by atoms with E-state index in [1.54, 1.807) is 20.8 Å². The zero-order valence-electron chi connectivity index (χ0n) is 12.1. The molecule has 21 heavy (non-hydrogen) atoms. The van der Waals surface area contributed by atoms with E-state index >= 15 is 0 Å². The Hall–Kier alpha value is -1.69. The third-order valence-corrected chi connectivity index (χ3v) is 2.86. The van der Waals surface area contributed by atoms with Crippen molar-refractivity contribution in [2.24, 2.45) is 0 Å². The minimum atomic E-state index is -1.78. The monoisotopic (exact) mass is 319 g/mol. The van der Waals surface area contributed by atoms with Gasteiger partial charge in [0.1, 0.15) is 29.1 Å². The van der Waals surface area contributed by atoms with Crippen molar-refractivity contribution in [2.45, 2.75) is 38.8 Å². The summed E-state index contributed by atoms with van der Waals surface area (Å²) in [6.45, 7) is 6.13. The highest BCUT2D eigenvalue weighted by Crippen LogP contribution is 2.27. The first-order valence-corrected chi connectivity index (χ1v) is 6.49. The van der Waals surface area contributed by atoms with Crippen molar-refractivity contribution in [3.63, 3.8) is 0 Å². The molecule has 1 atom stereocenters. The summed E-state index contributed by atoms with van der Waals surface area (Å²) < 4.78 is 32.4. The van der Waals surface area contributed by atoms with Crippen LogP contribution < -0.4 is 5.32 Å². The average Bonchev–Trinajstić information content (AvgIpc) is 2.31. The number of aldehydes is 1. The molecule has 0 saturated heterocycles. The fraction of sp³-hybridized carbons (Fsp3) is 0.429. The molecule has 1 N–H and O–H groups in total. The molecule has 1 rings (SSSR count). The van der Waals surface area contributed by atoms with Crippen molar-refractivity contribution in [1.82, 2.24) is 5.32 Å². The van der Waals surface area contributed by atoms with Gasteiger partial charge >= 0.3 is 6.09 Å². The van der Waals surface area contributed by atoms with Crippen molar-refractivity contribution < 1.29 is 23.1 Å². The average molecular weight is 320 g/mol. The molecule has 116 valence electrons. The number of benzene rings is 1. The minimum Gasteiger partial charge on any atom is -0.444 e. The van der Waals surface area contributed by atoms with Gasteiger partial charge in [-0.3, -0.25) is 0 Å². The van der Waals surface area contributed by atoms with Gasteiger partial charge in [0.2, 0.25) is 0 Å². The number of rotatable bonds is 3. The molecular formula is C14H16ClF2NO3. The van der Waals surface area contributed by atoms with Crippen molar-refractivity contribution in [2.75, 3.05) is 0 Å². The number of amides is 1. The quantitative estimate of drug-likeness (QED) is 0.684. The van der Waals surface area contributed by atoms with Crippen LogP contribution in [-0.4, -0.2) is 18.0 Å². The van der Waals surface area contributed by atoms with Crippen LogP contribution in [0.4, 0.5) is 13.6 Å². The SMILES string of the molecule is CC(C)(C)OC(=O)NC(C)(C=O)c1cc(F)c(Cl)cc1F. The zero-order chi connectivity index (χ0) is 16.4. The Kier molecular flexibility index (Phi) is 4.94. The molecule has 0 aliphatic rings. The smallest absolute Gasteiger partial charge is 0.408 e. The normalized spacial score (nSPS) is 14.2. The van der Waals surface area contributed by atoms with Gasteiger partial charge in [-0.05, 0) is 39.8 Å². The number of ether oxygens (including phenoxy) is 1. The van der Waals surface area contributed by atoms with E-state index in [2.05, 4.69) is 5.32 Å². The molecule has 0 aromatic heterocycles. The number of nitrogens with one attached hydrogen (secondary N) is 1. The summed E-state index contributed by atoms with van der Waals surface area (Å²) >= 11 is 5.46. The topological polar surface area (TPSA) is 55.4 Å². The first-order chi connectivity index (χ1) is 9.48. The highest BCUT2D eigenvalue weighted by atomic mass is 35.5. The summed E-state index contributed by atoms with van der Waals surface area (Å²) in [6.07, 6.45) is -0.630. The Bertz CT molecular complexity index is 572. The maximum Gasteiger partial charge on any atom is 0.408 e. The van der Waals surface area contributed by atoms with Gasteiger partial charge < -0.3 is 14.8 Å². The van der Waals surface area contributed by atoms with Crippen LogP contribution in [0.3, 0.4) is 0 Å². The minimum absolute atomic E-state index is 0.294. The summed E-state index contributed by atoms with van der Waals surface area (Å²) in [5, 5.41) is 1.81. The number of hydrogen-bond acceptors (Lipinski definition) is 3. The van der Waals surface area contributed by atoms with E-state index in [1.807, 2.05) is 0 Å². The Morgan fingerprint density at radius 3 is 2.29 bits per heavy atom. The van der Waals surface area contributed by atoms with Crippen LogP contribution in [0.2, 0.25) is 5.02 Å². The third kappa shape index (κ3) is 4.39. The van der Waals surface area contributed by atoms with Crippen molar-refractivity contribution >= 4 is 24.0 Å². The van der Waals surface area contributed by atoms with Crippen molar-refractivity contribution in [3.8, 4) is 0 Å². The van der Waals surface area contributed by atoms with Crippen LogP contribution >= 0.6 is 11.6 Å². The van der Waals surface area contributed by atoms with Crippen molar-refractivity contribution in [3.05, 3.63) is 34.4 Å². The predicted octanol–water partition coefficient (Wildman–Crippen LogP) is 3.56. The summed E-state index contributed by atoms with van der Waals surface area (Å²) in [5.74, 6) is -1.81. The van der Waals surface area contributed by atoms with E-state index in [9.17, 15) is 18.4 Å². The fourth-order valence-electron chi connectivity index (χ4n) is 1.60. The maximum absolute atomic E-state index is 13.9. The highest BCUT2D eigenvalue weighted by Gasteiger charge is 2.34. The summed E-state index contributed by atoms with van der Waals surface area (Å²) in [6, 6.07) is 1.51. The van der Waals surface area contributed by atoms with Gasteiger partial charge in [0.05, 0.1) is 5.02 Å². The van der Waals surface area contributed by atoms with Crippen LogP contribution in [0.25, 0.3) is 0 Å². The fourth-order valence-corrected chi connectivity index (χ4v) is 1.75. The van der Waals surface area contributed by atoms with E-state index in [0.717, 1.165) is 12.1 Å². The highest BCUT2D eigenvalue weighted by molar-refractivity contribution is 6.30. The van der Waals surface area contributed by atoms with E-state index in [4.69, 9.17) is 16.3 Å². The molecule has 0 saturated carbocycles. The molecule has 1 amide bonds. The van der Waals surface area contributed by atoms with Gasteiger partial charge in [0, 0.05) is 5.56 Å². The predicted molar refractivity (Wildman–Crippen MR) is 74.2 cm³/mol. The van der Waals surface area contributed by atoms with Gasteiger partial charge in [-0.2, -0.15) is 0 Å². The molecule has 0 fully saturated rings. The van der Waals surface area contributed by atoms with E-state index in [1.165, 1.54) is 6.92 Å². The Labute approximate surface area is 126 Å². The summed E-state index contributed by atoms with van der Waals surface area (Å²) in [5.41, 5.74) is -2.92. The second-order valence-electron chi connectivity index (χ2n) is 5.69. The number of halogens is 3. The molecule has 1 unspecified atom stereocenters. The van der Waals surface area contributed by atoms with E-state index in [-0.39, 0.29) is 5.56 Å². The molecule has 0 heterocycles. The summed E-state index contributed by atoms with van der Waals surface area (Å²) in [7, 11) is 0. The van der Waals surface area contributed by atoms with Gasteiger partial charge in [-0.15, -0.1) is 0 Å². The number of hydrogen-bond donors (Lipinski definition) is 1. The number of alkyl carbamates (subject to hydrolysis) is 1. The van der Waals surface area contributed by atoms with Crippen LogP contribution in [0.15, 0.2) is 12.1 Å². The number of carbonyl (C=O) groups excluding carboxylic acids is 2. The van der Waals surface area contributed by atoms with Gasteiger partial charge in [-0.25, -0.2) is 13.6 Å². The maximum atomic E-state index is 13.9. The Morgan fingerprint density at radius 1 is 1.24 bits per heavy atom. The molecule has 7 heteroatoms. The molecule has 0 radical (unpaired) electrons. The van der Waals surface area contributed by atoms with Crippen molar-refractivity contribution in [1.29, 1.82) is 0 Å². The van der Waals surface area contributed by atoms with Crippen LogP contribution in [0.5, 0.6) is 0 Å². The van der Waals surface area contributed by atoms with Crippen LogP contribution in [0, 0.1) is 11.6 Å². The van der Waals surface area contributed by atoms with Gasteiger partial charge in [0.25, 0.3) is 0 Å². The molecule has 0 aliphatic heterocycles. The van der Waals surface area contributed by atoms with Crippen LogP contribution in [-0.2, 0) is 15.1 Å². The lowest BCUT2D eigenvalue weighted by molar-refractivity contribution is -0.113. The lowest BCUT2D eigenvalue weighted by Gasteiger charge is -2.28. The first kappa shape index (κ1) is 17.4. The molecule has 0 aliphatic carbocycles. The first-order valence-electron chi connectivity index (χ1n) is 6.11. The molecular weight excluding hydrogens is 304 g/mol. The standard InChI is InChI=1S/C14H16ClF2NO3/c1-13(2,3)21-12(20)18-14(4,7-19)8-5-11(17)9(15)6-10(8)16/h5-7H,1-4H3,(H,18,20). The molecule has 0 bridgehead atoms. The second-order valence-corrected chi connectivity index (χ2v) is 6.10. The van der Waals surface area contributed by atoms with Gasteiger partial charge in [-0.1, -0.05) is 11.6 Å². The third-order valence-electron chi connectivity index (χ3n) is 2.57. The van der Waals surface area contributed by atoms with Crippen LogP contribution in [0.1, 0.15) is 33.3 Å². The number of carbonyl (C=O) groups is 2. The molecule has 1 aromatic carbocycles.